The van der Waals surface area contributed by atoms with Crippen LogP contribution in [0.15, 0.2) is 33.7 Å². The van der Waals surface area contributed by atoms with Crippen molar-refractivity contribution in [3.63, 3.8) is 0 Å². The van der Waals surface area contributed by atoms with Gasteiger partial charge in [-0.1, -0.05) is 5.16 Å². The molecular formula is C28H36N8O10S2. The molecule has 5 atom stereocenters. The summed E-state index contributed by atoms with van der Waals surface area (Å²) in [5, 5.41) is 21.7. The average molecular weight is 709 g/mol. The fourth-order valence-corrected chi connectivity index (χ4v) is 6.55. The molecule has 8 N–H and O–H groups in total. The maximum absolute atomic E-state index is 13.4. The van der Waals surface area contributed by atoms with Gasteiger partial charge < -0.3 is 36.8 Å². The Morgan fingerprint density at radius 2 is 2.10 bits per heavy atom. The molecular weight excluding hydrogens is 672 g/mol. The average Bonchev–Trinajstić information content (AvgIpc) is 3.66. The third kappa shape index (κ3) is 7.06. The Balaban J connectivity index is 1.35. The minimum atomic E-state index is -5.02. The Kier molecular flexibility index (Phi) is 9.40. The normalized spacial score (nSPS) is 23.8. The van der Waals surface area contributed by atoms with Gasteiger partial charge in [0.2, 0.25) is 0 Å². The van der Waals surface area contributed by atoms with Crippen LogP contribution < -0.4 is 26.8 Å². The maximum atomic E-state index is 13.4. The molecule has 0 unspecified atom stereocenters. The number of benzene rings is 1. The monoisotopic (exact) mass is 708 g/mol. The number of amides is 2. The van der Waals surface area contributed by atoms with Gasteiger partial charge in [-0.2, -0.15) is 13.5 Å². The molecule has 2 aromatic rings. The molecule has 0 bridgehead atoms. The number of anilines is 1. The molecule has 0 aliphatic carbocycles. The van der Waals surface area contributed by atoms with Crippen molar-refractivity contribution in [2.24, 2.45) is 15.9 Å². The van der Waals surface area contributed by atoms with E-state index in [-0.39, 0.29) is 29.3 Å². The van der Waals surface area contributed by atoms with Crippen molar-refractivity contribution in [2.75, 3.05) is 12.3 Å². The van der Waals surface area contributed by atoms with Gasteiger partial charge in [0.25, 0.3) is 17.4 Å². The molecule has 2 amide bonds. The molecule has 260 valence electrons. The van der Waals surface area contributed by atoms with Crippen LogP contribution >= 0.6 is 11.3 Å². The lowest BCUT2D eigenvalue weighted by atomic mass is 9.84. The number of oxime groups is 1. The molecule has 1 saturated heterocycles. The first-order valence-corrected chi connectivity index (χ1v) is 17.0. The molecule has 5 rings (SSSR count). The van der Waals surface area contributed by atoms with Crippen LogP contribution in [0.2, 0.25) is 0 Å². The molecule has 0 radical (unpaired) electrons. The largest absolute Gasteiger partial charge is 0.485 e. The highest BCUT2D eigenvalue weighted by atomic mass is 32.3. The van der Waals surface area contributed by atoms with E-state index in [1.165, 1.54) is 26.2 Å². The van der Waals surface area contributed by atoms with Gasteiger partial charge in [-0.15, -0.1) is 15.6 Å². The minimum absolute atomic E-state index is 0.0228. The van der Waals surface area contributed by atoms with Crippen LogP contribution in [-0.2, 0) is 40.3 Å². The predicted octanol–water partition coefficient (Wildman–Crippen LogP) is -0.0212. The van der Waals surface area contributed by atoms with Crippen molar-refractivity contribution < 1.29 is 46.3 Å². The third-order valence-electron chi connectivity index (χ3n) is 8.21. The van der Waals surface area contributed by atoms with Crippen LogP contribution in [0.5, 0.6) is 5.75 Å². The van der Waals surface area contributed by atoms with Crippen LogP contribution in [0.25, 0.3) is 0 Å². The number of thiazole rings is 1. The molecule has 4 heterocycles. The van der Waals surface area contributed by atoms with Crippen LogP contribution in [0, 0.1) is 0 Å². The molecule has 20 heteroatoms. The Morgan fingerprint density at radius 3 is 2.71 bits per heavy atom. The highest BCUT2D eigenvalue weighted by Crippen LogP contribution is 2.35. The Morgan fingerprint density at radius 1 is 1.38 bits per heavy atom. The zero-order chi connectivity index (χ0) is 35.2. The van der Waals surface area contributed by atoms with E-state index < -0.39 is 57.2 Å². The fraction of sp³-hybridized carbons (Fsp3) is 0.500. The van der Waals surface area contributed by atoms with Gasteiger partial charge in [0.05, 0.1) is 11.6 Å². The number of β-lactam (4-membered cyclic amide) rings is 1. The smallest absolute Gasteiger partial charge is 0.418 e. The molecule has 18 nitrogen and oxygen atoms in total. The number of carboxylic acid groups (broad SMARTS) is 1. The second-order valence-corrected chi connectivity index (χ2v) is 14.3. The van der Waals surface area contributed by atoms with Crippen molar-refractivity contribution in [2.45, 2.75) is 82.3 Å². The number of carbonyl (C=O) groups excluding carboxylic acids is 2. The molecule has 1 aromatic heterocycles. The summed E-state index contributed by atoms with van der Waals surface area (Å²) < 4.78 is 41.7. The summed E-state index contributed by atoms with van der Waals surface area (Å²) >= 11 is 0.970. The number of fused-ring (bicyclic) bond motifs is 1. The zero-order valence-corrected chi connectivity index (χ0v) is 28.0. The number of nitrogens with two attached hydrogens (primary N) is 2. The summed E-state index contributed by atoms with van der Waals surface area (Å²) in [6, 6.07) is 4.25. The van der Waals surface area contributed by atoms with Crippen molar-refractivity contribution >= 4 is 56.2 Å². The lowest BCUT2D eigenvalue weighted by Crippen LogP contribution is -2.76. The van der Waals surface area contributed by atoms with Gasteiger partial charge >= 0.3 is 16.4 Å². The van der Waals surface area contributed by atoms with Crippen LogP contribution in [-0.4, -0.2) is 99.4 Å². The number of nitrogen functional groups attached to an aromatic ring is 1. The highest BCUT2D eigenvalue weighted by Gasteiger charge is 2.58. The summed E-state index contributed by atoms with van der Waals surface area (Å²) in [5.74, 6) is -2.23. The van der Waals surface area contributed by atoms with E-state index in [2.05, 4.69) is 25.1 Å². The lowest BCUT2D eigenvalue weighted by molar-refractivity contribution is -0.218. The van der Waals surface area contributed by atoms with Gasteiger partial charge in [0.15, 0.2) is 16.9 Å². The first kappa shape index (κ1) is 35.0. The van der Waals surface area contributed by atoms with Crippen LogP contribution in [0.3, 0.4) is 0 Å². The molecule has 3 aliphatic rings. The lowest BCUT2D eigenvalue weighted by Gasteiger charge is -2.50. The summed E-state index contributed by atoms with van der Waals surface area (Å²) in [5.41, 5.74) is 9.27. The van der Waals surface area contributed by atoms with Crippen molar-refractivity contribution in [1.82, 2.24) is 20.7 Å². The summed E-state index contributed by atoms with van der Waals surface area (Å²) in [4.78, 5) is 53.1. The number of aromatic nitrogens is 1. The van der Waals surface area contributed by atoms with Gasteiger partial charge in [0, 0.05) is 23.5 Å². The van der Waals surface area contributed by atoms with Crippen molar-refractivity contribution in [3.05, 3.63) is 40.4 Å². The number of amidine groups is 1. The minimum Gasteiger partial charge on any atom is -0.485 e. The van der Waals surface area contributed by atoms with Gasteiger partial charge in [0.1, 0.15) is 23.3 Å². The number of nitrogens with one attached hydrogen (secondary N) is 2. The third-order valence-corrected chi connectivity index (χ3v) is 9.22. The molecule has 48 heavy (non-hydrogen) atoms. The second kappa shape index (κ2) is 12.9. The molecule has 0 spiro atoms. The predicted molar refractivity (Wildman–Crippen MR) is 171 cm³/mol. The van der Waals surface area contributed by atoms with Gasteiger partial charge in [-0.25, -0.2) is 9.78 Å². The highest BCUT2D eigenvalue weighted by molar-refractivity contribution is 7.80. The molecule has 0 saturated carbocycles. The quantitative estimate of drug-likeness (QED) is 0.0732. The summed E-state index contributed by atoms with van der Waals surface area (Å²) in [6.07, 6.45) is 0.375. The topological polar surface area (TPSA) is 270 Å². The molecule has 1 aromatic carbocycles. The number of nitrogens with zero attached hydrogens (tertiary/aromatic N) is 4. The number of ether oxygens (including phenoxy) is 1. The zero-order valence-electron chi connectivity index (χ0n) is 26.4. The molecule has 1 fully saturated rings. The van der Waals surface area contributed by atoms with Crippen molar-refractivity contribution in [1.29, 1.82) is 0 Å². The summed E-state index contributed by atoms with van der Waals surface area (Å²) in [6.45, 7) is 6.62. The number of rotatable bonds is 12. The van der Waals surface area contributed by atoms with Crippen LogP contribution in [0.1, 0.15) is 57.4 Å². The summed E-state index contributed by atoms with van der Waals surface area (Å²) in [7, 11) is -5.02. The molecule has 3 aliphatic heterocycles. The van der Waals surface area contributed by atoms with E-state index in [0.717, 1.165) is 34.7 Å². The number of hydroxylamine groups is 2. The first-order chi connectivity index (χ1) is 22.4. The van der Waals surface area contributed by atoms with E-state index in [4.69, 9.17) is 30.6 Å². The van der Waals surface area contributed by atoms with Crippen molar-refractivity contribution in [3.8, 4) is 5.75 Å². The second-order valence-electron chi connectivity index (χ2n) is 12.4. The fourth-order valence-electron chi connectivity index (χ4n) is 5.55. The van der Waals surface area contributed by atoms with Gasteiger partial charge in [-0.3, -0.25) is 19.1 Å². The van der Waals surface area contributed by atoms with Gasteiger partial charge in [-0.05, 0) is 70.7 Å². The van der Waals surface area contributed by atoms with E-state index in [0.29, 0.717) is 23.8 Å². The Labute approximate surface area is 279 Å². The first-order valence-electron chi connectivity index (χ1n) is 14.8. The van der Waals surface area contributed by atoms with Crippen LogP contribution in [0.4, 0.5) is 5.13 Å². The van der Waals surface area contributed by atoms with E-state index in [9.17, 15) is 27.9 Å². The maximum Gasteiger partial charge on any atom is 0.418 e. The number of carboxylic acids is 1. The number of aliphatic carboxylic acids is 1. The Hall–Kier alpha value is -4.37. The SMILES string of the molecule is C[C@H](N)C[C@@H]1CNC(c2ccc3c(c2)CC[C@H]([C@](C)(O/N=C(\C(=O)N[C@@H]2C(=O)N(OS(=O)(=O)O)C2(C)C)c2csc(N)n2)C(=O)O)O3)=N1. The number of aryl methyl sites for hydroxylation is 1. The number of carbonyl (C=O) groups is 3. The van der Waals surface area contributed by atoms with E-state index in [1.807, 2.05) is 19.1 Å². The number of hydrogen-bond acceptors (Lipinski definition) is 15. The number of hydrogen-bond donors (Lipinski definition) is 6. The number of aliphatic imine (C=N–C) groups is 1. The van der Waals surface area contributed by atoms with E-state index in [1.54, 1.807) is 6.07 Å². The van der Waals surface area contributed by atoms with E-state index >= 15 is 0 Å². The Bertz CT molecular complexity index is 1790. The standard InChI is InChI=1S/C28H36N8O10S2/c1-13(29)9-16-11-31-22(32-16)15-5-7-18-14(10-15)6-8-19(44-18)28(4,25(39)40)45-35-20(17-12-47-26(30)33-17)23(37)34-21-24(38)36(27(21,2)3)46-48(41,42)43/h5,7,10,12-13,16,19,21H,6,8-9,11,29H2,1-4H3,(H2,30,33)(H,31,32)(H,34,37)(H,39,40)(H,41,42,43)/b35-20-/t13-,16+,19+,21+,28-/m0/s1.